The monoisotopic (exact) mass is 406 g/mol. The number of benzene rings is 1. The smallest absolute Gasteiger partial charge is 0.312 e. The molecule has 7 nitrogen and oxygen atoms in total. The minimum Gasteiger partial charge on any atom is -0.367 e. The lowest BCUT2D eigenvalue weighted by molar-refractivity contribution is 0.247. The molecule has 30 heavy (non-hydrogen) atoms. The molecular formula is C23H30N6O. The minimum atomic E-state index is -0.541. The molecule has 4 N–H and O–H groups in total. The van der Waals surface area contributed by atoms with E-state index < -0.39 is 6.03 Å². The van der Waals surface area contributed by atoms with E-state index in [-0.39, 0.29) is 6.04 Å². The molecule has 0 aliphatic heterocycles. The van der Waals surface area contributed by atoms with E-state index in [9.17, 15) is 4.79 Å². The maximum Gasteiger partial charge on any atom is 0.312 e. The maximum atomic E-state index is 11.1. The number of rotatable bonds is 7. The summed E-state index contributed by atoms with van der Waals surface area (Å²) in [5.41, 5.74) is 12.4. The molecule has 7 heteroatoms. The predicted octanol–water partition coefficient (Wildman–Crippen LogP) is 4.34. The molecule has 0 saturated heterocycles. The number of anilines is 1. The van der Waals surface area contributed by atoms with Crippen LogP contribution in [0.1, 0.15) is 44.0 Å². The van der Waals surface area contributed by atoms with E-state index in [0.29, 0.717) is 0 Å². The Morgan fingerprint density at radius 3 is 2.67 bits per heavy atom. The third-order valence-electron chi connectivity index (χ3n) is 5.04. The molecule has 0 fully saturated rings. The number of aryl methyl sites for hydroxylation is 2. The summed E-state index contributed by atoms with van der Waals surface area (Å²) in [7, 11) is 0. The van der Waals surface area contributed by atoms with Gasteiger partial charge in [-0.1, -0.05) is 25.2 Å². The van der Waals surface area contributed by atoms with Gasteiger partial charge in [0.15, 0.2) is 11.5 Å². The highest BCUT2D eigenvalue weighted by Crippen LogP contribution is 2.28. The predicted molar refractivity (Wildman–Crippen MR) is 124 cm³/mol. The summed E-state index contributed by atoms with van der Waals surface area (Å²) < 4.78 is 2.16. The number of carbonyl (C=O) groups is 1. The summed E-state index contributed by atoms with van der Waals surface area (Å²) in [6.45, 7) is 11.0. The van der Waals surface area contributed by atoms with Crippen molar-refractivity contribution in [2.45, 2.75) is 47.1 Å². The minimum absolute atomic E-state index is 0.178. The SMILES string of the molecule is CC/C=C(\C=C/C(C)NC(N)=O)c1cnc2c(NCC)nc3cc(C)c(C)cc3n12. The quantitative estimate of drug-likeness (QED) is 0.509. The van der Waals surface area contributed by atoms with Gasteiger partial charge in [-0.2, -0.15) is 0 Å². The molecule has 2 heterocycles. The van der Waals surface area contributed by atoms with Crippen LogP contribution in [0.5, 0.6) is 0 Å². The number of carbonyl (C=O) groups excluding carboxylic acids is 1. The molecule has 0 radical (unpaired) electrons. The van der Waals surface area contributed by atoms with Crippen LogP contribution in [0.25, 0.3) is 22.3 Å². The zero-order valence-electron chi connectivity index (χ0n) is 18.3. The van der Waals surface area contributed by atoms with Gasteiger partial charge in [0.05, 0.1) is 22.9 Å². The van der Waals surface area contributed by atoms with Crippen molar-refractivity contribution in [1.29, 1.82) is 0 Å². The molecule has 0 aliphatic rings. The zero-order valence-corrected chi connectivity index (χ0v) is 18.3. The lowest BCUT2D eigenvalue weighted by Crippen LogP contribution is -2.35. The first-order valence-corrected chi connectivity index (χ1v) is 10.3. The molecule has 158 valence electrons. The Morgan fingerprint density at radius 2 is 2.00 bits per heavy atom. The van der Waals surface area contributed by atoms with Crippen LogP contribution >= 0.6 is 0 Å². The van der Waals surface area contributed by atoms with Gasteiger partial charge in [0.2, 0.25) is 0 Å². The molecule has 1 unspecified atom stereocenters. The van der Waals surface area contributed by atoms with Crippen molar-refractivity contribution in [1.82, 2.24) is 19.7 Å². The van der Waals surface area contributed by atoms with Crippen molar-refractivity contribution in [2.24, 2.45) is 5.73 Å². The van der Waals surface area contributed by atoms with Gasteiger partial charge in [0.25, 0.3) is 0 Å². The van der Waals surface area contributed by atoms with Crippen molar-refractivity contribution in [2.75, 3.05) is 11.9 Å². The molecule has 1 aromatic carbocycles. The third kappa shape index (κ3) is 4.30. The van der Waals surface area contributed by atoms with Crippen LogP contribution in [-0.2, 0) is 0 Å². The molecule has 0 saturated carbocycles. The van der Waals surface area contributed by atoms with Crippen molar-refractivity contribution < 1.29 is 4.79 Å². The molecule has 2 amide bonds. The number of urea groups is 1. The van der Waals surface area contributed by atoms with Crippen LogP contribution < -0.4 is 16.4 Å². The first kappa shape index (κ1) is 21.4. The number of nitrogens with zero attached hydrogens (tertiary/aromatic N) is 3. The topological polar surface area (TPSA) is 97.3 Å². The molecule has 0 bridgehead atoms. The number of primary amides is 1. The number of fused-ring (bicyclic) bond motifs is 3. The van der Waals surface area contributed by atoms with Gasteiger partial charge in [-0.3, -0.25) is 4.40 Å². The summed E-state index contributed by atoms with van der Waals surface area (Å²) in [5.74, 6) is 0.767. The fourth-order valence-corrected chi connectivity index (χ4v) is 3.48. The van der Waals surface area contributed by atoms with E-state index in [1.165, 1.54) is 11.1 Å². The van der Waals surface area contributed by atoms with Gasteiger partial charge in [0, 0.05) is 12.6 Å². The molecule has 1 atom stereocenters. The number of nitrogens with two attached hydrogens (primary N) is 1. The number of aromatic nitrogens is 3. The Balaban J connectivity index is 2.23. The Bertz CT molecular complexity index is 1140. The Kier molecular flexibility index (Phi) is 6.40. The van der Waals surface area contributed by atoms with Crippen LogP contribution in [0, 0.1) is 13.8 Å². The summed E-state index contributed by atoms with van der Waals surface area (Å²) in [6, 6.07) is 3.56. The summed E-state index contributed by atoms with van der Waals surface area (Å²) in [4.78, 5) is 20.6. The first-order valence-electron chi connectivity index (χ1n) is 10.3. The Labute approximate surface area is 177 Å². The fourth-order valence-electron chi connectivity index (χ4n) is 3.48. The normalized spacial score (nSPS) is 13.3. The number of nitrogens with one attached hydrogen (secondary N) is 2. The number of imidazole rings is 1. The van der Waals surface area contributed by atoms with Crippen molar-refractivity contribution in [3.63, 3.8) is 0 Å². The van der Waals surface area contributed by atoms with Crippen LogP contribution in [-0.4, -0.2) is 33.0 Å². The number of allylic oxidation sites excluding steroid dienone is 3. The first-order chi connectivity index (χ1) is 14.3. The van der Waals surface area contributed by atoms with Crippen LogP contribution in [0.2, 0.25) is 0 Å². The second kappa shape index (κ2) is 8.98. The molecule has 2 aromatic heterocycles. The Hall–Kier alpha value is -3.35. The molecule has 0 spiro atoms. The maximum absolute atomic E-state index is 11.1. The van der Waals surface area contributed by atoms with Gasteiger partial charge in [-0.25, -0.2) is 14.8 Å². The Morgan fingerprint density at radius 1 is 1.27 bits per heavy atom. The highest BCUT2D eigenvalue weighted by atomic mass is 16.2. The van der Waals surface area contributed by atoms with Gasteiger partial charge in [-0.05, 0) is 62.9 Å². The largest absolute Gasteiger partial charge is 0.367 e. The van der Waals surface area contributed by atoms with E-state index in [1.807, 2.05) is 32.2 Å². The van der Waals surface area contributed by atoms with Crippen LogP contribution in [0.4, 0.5) is 10.6 Å². The lowest BCUT2D eigenvalue weighted by atomic mass is 10.1. The number of hydrogen-bond acceptors (Lipinski definition) is 4. The van der Waals surface area contributed by atoms with Gasteiger partial charge >= 0.3 is 6.03 Å². The van der Waals surface area contributed by atoms with Gasteiger partial charge in [0.1, 0.15) is 0 Å². The molecule has 3 rings (SSSR count). The van der Waals surface area contributed by atoms with E-state index in [1.54, 1.807) is 0 Å². The van der Waals surface area contributed by atoms with E-state index in [2.05, 4.69) is 54.0 Å². The standard InChI is InChI=1S/C23H30N6O/c1-6-8-17(10-9-16(5)27-23(24)30)20-13-26-22-21(25-7-2)28-18-11-14(3)15(4)12-19(18)29(20)22/h8-13,16H,6-7H2,1-5H3,(H,25,28)(H3,24,27,30)/b10-9-,17-8+. The van der Waals surface area contributed by atoms with Crippen LogP contribution in [0.15, 0.2) is 36.6 Å². The van der Waals surface area contributed by atoms with Gasteiger partial charge < -0.3 is 16.4 Å². The van der Waals surface area contributed by atoms with E-state index in [0.717, 1.165) is 46.7 Å². The van der Waals surface area contributed by atoms with Crippen LogP contribution in [0.3, 0.4) is 0 Å². The van der Waals surface area contributed by atoms with Crippen molar-refractivity contribution in [3.05, 3.63) is 53.4 Å². The summed E-state index contributed by atoms with van der Waals surface area (Å²) >= 11 is 0. The second-order valence-electron chi connectivity index (χ2n) is 7.44. The average molecular weight is 407 g/mol. The molecule has 0 aliphatic carbocycles. The highest BCUT2D eigenvalue weighted by molar-refractivity contribution is 5.87. The fraction of sp³-hybridized carbons (Fsp3) is 0.348. The number of amides is 2. The average Bonchev–Trinajstić information content (AvgIpc) is 3.12. The molecule has 3 aromatic rings. The van der Waals surface area contributed by atoms with Crippen molar-refractivity contribution >= 4 is 34.1 Å². The van der Waals surface area contributed by atoms with E-state index >= 15 is 0 Å². The number of hydrogen-bond donors (Lipinski definition) is 3. The lowest BCUT2D eigenvalue weighted by Gasteiger charge is -2.13. The van der Waals surface area contributed by atoms with E-state index in [4.69, 9.17) is 15.7 Å². The third-order valence-corrected chi connectivity index (χ3v) is 5.04. The second-order valence-corrected chi connectivity index (χ2v) is 7.44. The van der Waals surface area contributed by atoms with Gasteiger partial charge in [-0.15, -0.1) is 0 Å². The summed E-state index contributed by atoms with van der Waals surface area (Å²) in [5, 5.41) is 6.01. The zero-order chi connectivity index (χ0) is 21.8. The van der Waals surface area contributed by atoms with Crippen molar-refractivity contribution in [3.8, 4) is 0 Å². The summed E-state index contributed by atoms with van der Waals surface area (Å²) in [6.07, 6.45) is 8.83. The highest BCUT2D eigenvalue weighted by Gasteiger charge is 2.16. The molecular weight excluding hydrogens is 376 g/mol.